The van der Waals surface area contributed by atoms with Gasteiger partial charge in [0.1, 0.15) is 6.23 Å². The van der Waals surface area contributed by atoms with Gasteiger partial charge in [-0.1, -0.05) is 161 Å². The maximum absolute atomic E-state index is 12.4. The molecule has 4 heteroatoms. The van der Waals surface area contributed by atoms with Crippen LogP contribution in [0.5, 0.6) is 0 Å². The van der Waals surface area contributed by atoms with E-state index in [9.17, 15) is 9.90 Å². The number of ketones is 1. The van der Waals surface area contributed by atoms with Crippen LogP contribution in [0.2, 0.25) is 0 Å². The van der Waals surface area contributed by atoms with Crippen LogP contribution in [0.1, 0.15) is 167 Å². The molecule has 0 bridgehead atoms. The van der Waals surface area contributed by atoms with Crippen LogP contribution in [0.4, 0.5) is 0 Å². The van der Waals surface area contributed by atoms with Crippen molar-refractivity contribution in [2.24, 2.45) is 4.99 Å². The second kappa shape index (κ2) is 25.1. The lowest BCUT2D eigenvalue weighted by molar-refractivity contribution is -0.114. The number of aliphatic hydroxyl groups excluding tert-OH is 1. The minimum absolute atomic E-state index is 0.0669. The van der Waals surface area contributed by atoms with E-state index in [1.54, 1.807) is 4.90 Å². The van der Waals surface area contributed by atoms with E-state index < -0.39 is 6.23 Å². The lowest BCUT2D eigenvalue weighted by atomic mass is 10.0. The number of aliphatic hydroxyl groups is 1. The molecule has 0 amide bonds. The molecular formula is C33H62N2O2. The largest absolute Gasteiger partial charge is 0.370 e. The van der Waals surface area contributed by atoms with Crippen LogP contribution in [-0.4, -0.2) is 40.9 Å². The van der Waals surface area contributed by atoms with Gasteiger partial charge in [0.25, 0.3) is 0 Å². The summed E-state index contributed by atoms with van der Waals surface area (Å²) < 4.78 is 0. The van der Waals surface area contributed by atoms with Crippen LogP contribution < -0.4 is 0 Å². The molecule has 0 radical (unpaired) electrons. The maximum Gasteiger partial charge on any atom is 0.197 e. The van der Waals surface area contributed by atoms with E-state index in [0.717, 1.165) is 12.8 Å². The smallest absolute Gasteiger partial charge is 0.197 e. The molecule has 216 valence electrons. The SMILES string of the molecule is C=CC(O)N1CCN=C1C(=O)CCCCCCCCCCCCCCCCCCCCCCCCCC. The van der Waals surface area contributed by atoms with E-state index in [2.05, 4.69) is 18.5 Å². The Morgan fingerprint density at radius 1 is 0.730 bits per heavy atom. The number of carbonyl (C=O) groups is 1. The Labute approximate surface area is 230 Å². The highest BCUT2D eigenvalue weighted by atomic mass is 16.3. The third-order valence-corrected chi connectivity index (χ3v) is 7.91. The first-order valence-corrected chi connectivity index (χ1v) is 16.4. The third kappa shape index (κ3) is 18.7. The predicted octanol–water partition coefficient (Wildman–Crippen LogP) is 9.55. The number of nitrogens with zero attached hydrogens (tertiary/aromatic N) is 2. The number of hydrogen-bond acceptors (Lipinski definition) is 4. The van der Waals surface area contributed by atoms with Crippen LogP contribution in [-0.2, 0) is 4.79 Å². The van der Waals surface area contributed by atoms with Gasteiger partial charge in [-0.15, -0.1) is 0 Å². The van der Waals surface area contributed by atoms with Gasteiger partial charge in [0.15, 0.2) is 11.6 Å². The number of aliphatic imine (C=N–C) groups is 1. The van der Waals surface area contributed by atoms with E-state index in [1.165, 1.54) is 147 Å². The van der Waals surface area contributed by atoms with Gasteiger partial charge in [-0.2, -0.15) is 0 Å². The number of unbranched alkanes of at least 4 members (excludes halogenated alkanes) is 23. The molecule has 0 saturated carbocycles. The lowest BCUT2D eigenvalue weighted by Gasteiger charge is -2.22. The van der Waals surface area contributed by atoms with Gasteiger partial charge in [-0.3, -0.25) is 9.79 Å². The molecular weight excluding hydrogens is 456 g/mol. The van der Waals surface area contributed by atoms with Crippen LogP contribution in [0.15, 0.2) is 17.6 Å². The average Bonchev–Trinajstić information content (AvgIpc) is 3.41. The summed E-state index contributed by atoms with van der Waals surface area (Å²) in [6.45, 7) is 7.09. The summed E-state index contributed by atoms with van der Waals surface area (Å²) >= 11 is 0. The van der Waals surface area contributed by atoms with Crippen molar-refractivity contribution in [2.45, 2.75) is 174 Å². The summed E-state index contributed by atoms with van der Waals surface area (Å²) in [5, 5.41) is 9.91. The zero-order chi connectivity index (χ0) is 26.8. The molecule has 0 spiro atoms. The highest BCUT2D eigenvalue weighted by Gasteiger charge is 2.26. The lowest BCUT2D eigenvalue weighted by Crippen LogP contribution is -2.40. The Bertz CT molecular complexity index is 575. The van der Waals surface area contributed by atoms with E-state index in [1.807, 2.05) is 0 Å². The summed E-state index contributed by atoms with van der Waals surface area (Å²) in [6, 6.07) is 0. The first-order chi connectivity index (χ1) is 18.2. The molecule has 1 aliphatic heterocycles. The first kappa shape index (κ1) is 33.9. The van der Waals surface area contributed by atoms with Crippen molar-refractivity contribution < 1.29 is 9.90 Å². The third-order valence-electron chi connectivity index (χ3n) is 7.91. The second-order valence-electron chi connectivity index (χ2n) is 11.4. The van der Waals surface area contributed by atoms with Gasteiger partial charge in [0, 0.05) is 13.0 Å². The minimum Gasteiger partial charge on any atom is -0.370 e. The van der Waals surface area contributed by atoms with Crippen molar-refractivity contribution in [3.63, 3.8) is 0 Å². The molecule has 1 N–H and O–H groups in total. The van der Waals surface area contributed by atoms with Crippen LogP contribution in [0.3, 0.4) is 0 Å². The number of rotatable bonds is 28. The minimum atomic E-state index is -0.801. The summed E-state index contributed by atoms with van der Waals surface area (Å²) in [4.78, 5) is 18.3. The van der Waals surface area contributed by atoms with Gasteiger partial charge in [0.2, 0.25) is 0 Å². The van der Waals surface area contributed by atoms with E-state index in [-0.39, 0.29) is 5.78 Å². The molecule has 0 aromatic rings. The number of carbonyl (C=O) groups excluding carboxylic acids is 1. The highest BCUT2D eigenvalue weighted by Crippen LogP contribution is 2.16. The van der Waals surface area contributed by atoms with Gasteiger partial charge >= 0.3 is 0 Å². The van der Waals surface area contributed by atoms with Gasteiger partial charge in [-0.05, 0) is 12.5 Å². The fourth-order valence-corrected chi connectivity index (χ4v) is 5.45. The monoisotopic (exact) mass is 518 g/mol. The quantitative estimate of drug-likeness (QED) is 0.0828. The summed E-state index contributed by atoms with van der Waals surface area (Å²) in [7, 11) is 0. The molecule has 37 heavy (non-hydrogen) atoms. The number of amidine groups is 1. The molecule has 0 fully saturated rings. The Hall–Kier alpha value is -1.16. The number of Topliss-reactive ketones (excluding diaryl/α,β-unsaturated/α-hetero) is 1. The Morgan fingerprint density at radius 3 is 1.43 bits per heavy atom. The molecule has 1 atom stereocenters. The average molecular weight is 519 g/mol. The number of hydrogen-bond donors (Lipinski definition) is 1. The van der Waals surface area contributed by atoms with Gasteiger partial charge < -0.3 is 10.0 Å². The molecule has 0 aromatic carbocycles. The summed E-state index contributed by atoms with van der Waals surface area (Å²) in [6.07, 6.45) is 34.3. The fourth-order valence-electron chi connectivity index (χ4n) is 5.45. The van der Waals surface area contributed by atoms with Gasteiger partial charge in [0.05, 0.1) is 6.54 Å². The highest BCUT2D eigenvalue weighted by molar-refractivity contribution is 6.39. The van der Waals surface area contributed by atoms with Crippen molar-refractivity contribution in [3.05, 3.63) is 12.7 Å². The van der Waals surface area contributed by atoms with Gasteiger partial charge in [-0.25, -0.2) is 0 Å². The van der Waals surface area contributed by atoms with E-state index in [0.29, 0.717) is 25.3 Å². The van der Waals surface area contributed by atoms with Crippen LogP contribution >= 0.6 is 0 Å². The predicted molar refractivity (Wildman–Crippen MR) is 161 cm³/mol. The topological polar surface area (TPSA) is 52.9 Å². The van der Waals surface area contributed by atoms with E-state index in [4.69, 9.17) is 0 Å². The first-order valence-electron chi connectivity index (χ1n) is 16.4. The molecule has 0 aliphatic carbocycles. The maximum atomic E-state index is 12.4. The fraction of sp³-hybridized carbons (Fsp3) is 0.879. The van der Waals surface area contributed by atoms with Crippen LogP contribution in [0.25, 0.3) is 0 Å². The summed E-state index contributed by atoms with van der Waals surface area (Å²) in [5.41, 5.74) is 0. The van der Waals surface area contributed by atoms with Crippen molar-refractivity contribution in [1.82, 2.24) is 4.90 Å². The molecule has 4 nitrogen and oxygen atoms in total. The molecule has 0 saturated heterocycles. The Balaban J connectivity index is 1.75. The molecule has 1 rings (SSSR count). The van der Waals surface area contributed by atoms with Crippen molar-refractivity contribution in [3.8, 4) is 0 Å². The molecule has 1 aliphatic rings. The van der Waals surface area contributed by atoms with Crippen molar-refractivity contribution >= 4 is 11.6 Å². The van der Waals surface area contributed by atoms with Crippen LogP contribution in [0, 0.1) is 0 Å². The van der Waals surface area contributed by atoms with E-state index >= 15 is 0 Å². The molecule has 1 unspecified atom stereocenters. The normalized spacial score (nSPS) is 14.2. The standard InChI is InChI=1S/C33H62N2O2/c1-3-5-6-7-8-9-10-11-12-13-14-15-16-17-18-19-20-21-22-23-24-25-26-27-28-31(36)33-34-29-30-35(33)32(37)4-2/h4,32,37H,2-3,5-30H2,1H3. The zero-order valence-corrected chi connectivity index (χ0v) is 24.7. The second-order valence-corrected chi connectivity index (χ2v) is 11.4. The molecule has 0 aromatic heterocycles. The Kier molecular flexibility index (Phi) is 23.0. The Morgan fingerprint density at radius 2 is 1.08 bits per heavy atom. The zero-order valence-electron chi connectivity index (χ0n) is 24.7. The van der Waals surface area contributed by atoms with Crippen molar-refractivity contribution in [1.29, 1.82) is 0 Å². The van der Waals surface area contributed by atoms with Crippen molar-refractivity contribution in [2.75, 3.05) is 13.1 Å². The molecule has 1 heterocycles. The summed E-state index contributed by atoms with van der Waals surface area (Å²) in [5.74, 6) is 0.513.